The Morgan fingerprint density at radius 1 is 1.42 bits per heavy atom. The summed E-state index contributed by atoms with van der Waals surface area (Å²) in [6, 6.07) is 5.43. The van der Waals surface area contributed by atoms with Gasteiger partial charge < -0.3 is 10.0 Å². The van der Waals surface area contributed by atoms with Gasteiger partial charge >= 0.3 is 0 Å². The molecule has 2 nitrogen and oxygen atoms in total. The molecule has 1 aliphatic rings. The van der Waals surface area contributed by atoms with Crippen LogP contribution >= 0.6 is 0 Å². The summed E-state index contributed by atoms with van der Waals surface area (Å²) in [5, 5.41) is 9.22. The maximum absolute atomic E-state index is 9.22. The molecule has 0 bridgehead atoms. The first-order valence-electron chi connectivity index (χ1n) is 3.98. The number of hydrogen-bond donors (Lipinski definition) is 1. The number of phenolic OH excluding ortho intramolecular Hbond substituents is 1. The van der Waals surface area contributed by atoms with Crippen LogP contribution in [0.3, 0.4) is 0 Å². The van der Waals surface area contributed by atoms with E-state index in [9.17, 15) is 5.11 Å². The predicted octanol–water partition coefficient (Wildman–Crippen LogP) is 1.86. The van der Waals surface area contributed by atoms with Gasteiger partial charge in [-0.1, -0.05) is 12.2 Å². The minimum absolute atomic E-state index is 0.328. The van der Waals surface area contributed by atoms with Crippen LogP contribution in [0.5, 0.6) is 5.75 Å². The summed E-state index contributed by atoms with van der Waals surface area (Å²) in [7, 11) is 2.04. The average Bonchev–Trinajstić information content (AvgIpc) is 2.04. The molecule has 0 aliphatic carbocycles. The molecule has 1 aliphatic heterocycles. The zero-order chi connectivity index (χ0) is 8.55. The molecule has 0 aromatic heterocycles. The highest BCUT2D eigenvalue weighted by atomic mass is 16.3. The van der Waals surface area contributed by atoms with E-state index in [-0.39, 0.29) is 0 Å². The van der Waals surface area contributed by atoms with Crippen molar-refractivity contribution in [2.24, 2.45) is 0 Å². The number of fused-ring (bicyclic) bond motifs is 1. The minimum atomic E-state index is 0.328. The van der Waals surface area contributed by atoms with Crippen LogP contribution in [0.1, 0.15) is 5.56 Å². The topological polar surface area (TPSA) is 23.5 Å². The van der Waals surface area contributed by atoms with Crippen LogP contribution in [0.2, 0.25) is 0 Å². The largest absolute Gasteiger partial charge is 0.508 e. The number of anilines is 1. The third-order valence-corrected chi connectivity index (χ3v) is 2.10. The Morgan fingerprint density at radius 3 is 3.08 bits per heavy atom. The molecule has 12 heavy (non-hydrogen) atoms. The second-order valence-corrected chi connectivity index (χ2v) is 3.03. The molecule has 1 heterocycles. The quantitative estimate of drug-likeness (QED) is 0.627. The minimum Gasteiger partial charge on any atom is -0.508 e. The molecule has 2 rings (SSSR count). The lowest BCUT2D eigenvalue weighted by molar-refractivity contribution is 0.475. The zero-order valence-electron chi connectivity index (χ0n) is 6.99. The van der Waals surface area contributed by atoms with Crippen molar-refractivity contribution in [2.45, 2.75) is 0 Å². The number of likely N-dealkylation sites (N-methyl/N-ethyl adjacent to an activating group) is 1. The van der Waals surface area contributed by atoms with Crippen LogP contribution in [0.4, 0.5) is 5.69 Å². The molecule has 0 radical (unpaired) electrons. The molecule has 0 unspecified atom stereocenters. The second-order valence-electron chi connectivity index (χ2n) is 3.03. The molecule has 2 heteroatoms. The third-order valence-electron chi connectivity index (χ3n) is 2.10. The SMILES string of the molecule is CN1CC=Cc2cc(O)ccc21. The highest BCUT2D eigenvalue weighted by Crippen LogP contribution is 2.27. The summed E-state index contributed by atoms with van der Waals surface area (Å²) < 4.78 is 0. The molecule has 1 N–H and O–H groups in total. The Hall–Kier alpha value is -1.44. The lowest BCUT2D eigenvalue weighted by atomic mass is 10.1. The number of nitrogens with zero attached hydrogens (tertiary/aromatic N) is 1. The van der Waals surface area contributed by atoms with Crippen molar-refractivity contribution < 1.29 is 5.11 Å². The normalized spacial score (nSPS) is 14.6. The van der Waals surface area contributed by atoms with Gasteiger partial charge in [0.2, 0.25) is 0 Å². The van der Waals surface area contributed by atoms with Gasteiger partial charge in [-0.2, -0.15) is 0 Å². The fourth-order valence-corrected chi connectivity index (χ4v) is 1.46. The molecular formula is C10H11NO. The first-order valence-corrected chi connectivity index (χ1v) is 3.98. The summed E-state index contributed by atoms with van der Waals surface area (Å²) in [5.41, 5.74) is 2.26. The highest BCUT2D eigenvalue weighted by molar-refractivity contribution is 5.72. The van der Waals surface area contributed by atoms with Gasteiger partial charge in [0.05, 0.1) is 0 Å². The summed E-state index contributed by atoms with van der Waals surface area (Å²) in [5.74, 6) is 0.328. The predicted molar refractivity (Wildman–Crippen MR) is 50.4 cm³/mol. The fourth-order valence-electron chi connectivity index (χ4n) is 1.46. The maximum Gasteiger partial charge on any atom is 0.116 e. The summed E-state index contributed by atoms with van der Waals surface area (Å²) >= 11 is 0. The van der Waals surface area contributed by atoms with Crippen LogP contribution < -0.4 is 4.90 Å². The Labute approximate surface area is 71.7 Å². The van der Waals surface area contributed by atoms with Crippen molar-refractivity contribution in [3.63, 3.8) is 0 Å². The monoisotopic (exact) mass is 161 g/mol. The summed E-state index contributed by atoms with van der Waals surface area (Å²) in [4.78, 5) is 2.15. The maximum atomic E-state index is 9.22. The van der Waals surface area contributed by atoms with Gasteiger partial charge in [0, 0.05) is 24.8 Å². The molecule has 0 amide bonds. The number of rotatable bonds is 0. The summed E-state index contributed by atoms with van der Waals surface area (Å²) in [6.45, 7) is 0.942. The van der Waals surface area contributed by atoms with Crippen molar-refractivity contribution >= 4 is 11.8 Å². The fraction of sp³-hybridized carbons (Fsp3) is 0.200. The zero-order valence-corrected chi connectivity index (χ0v) is 6.99. The lowest BCUT2D eigenvalue weighted by Gasteiger charge is -2.23. The number of aromatic hydroxyl groups is 1. The van der Waals surface area contributed by atoms with Gasteiger partial charge in [-0.3, -0.25) is 0 Å². The van der Waals surface area contributed by atoms with Crippen LogP contribution in [0, 0.1) is 0 Å². The van der Waals surface area contributed by atoms with E-state index >= 15 is 0 Å². The lowest BCUT2D eigenvalue weighted by Crippen LogP contribution is -2.19. The molecule has 0 spiro atoms. The van der Waals surface area contributed by atoms with Crippen LogP contribution in [0.15, 0.2) is 24.3 Å². The van der Waals surface area contributed by atoms with Crippen LogP contribution in [-0.4, -0.2) is 18.7 Å². The molecule has 0 fully saturated rings. The van der Waals surface area contributed by atoms with Crippen LogP contribution in [-0.2, 0) is 0 Å². The first kappa shape index (κ1) is 7.22. The van der Waals surface area contributed by atoms with Crippen molar-refractivity contribution in [2.75, 3.05) is 18.5 Å². The van der Waals surface area contributed by atoms with Crippen LogP contribution in [0.25, 0.3) is 6.08 Å². The first-order chi connectivity index (χ1) is 5.77. The average molecular weight is 161 g/mol. The highest BCUT2D eigenvalue weighted by Gasteiger charge is 2.08. The Kier molecular flexibility index (Phi) is 1.54. The molecule has 0 saturated heterocycles. The van der Waals surface area contributed by atoms with E-state index in [1.54, 1.807) is 12.1 Å². The Morgan fingerprint density at radius 2 is 2.25 bits per heavy atom. The van der Waals surface area contributed by atoms with Gasteiger partial charge in [-0.05, 0) is 18.2 Å². The van der Waals surface area contributed by atoms with Gasteiger partial charge in [0.25, 0.3) is 0 Å². The smallest absolute Gasteiger partial charge is 0.116 e. The summed E-state index contributed by atoms with van der Waals surface area (Å²) in [6.07, 6.45) is 4.12. The second kappa shape index (κ2) is 2.55. The number of benzene rings is 1. The van der Waals surface area contributed by atoms with Gasteiger partial charge in [0.1, 0.15) is 5.75 Å². The van der Waals surface area contributed by atoms with E-state index in [1.807, 2.05) is 19.2 Å². The molecular weight excluding hydrogens is 150 g/mol. The van der Waals surface area contributed by atoms with E-state index in [4.69, 9.17) is 0 Å². The van der Waals surface area contributed by atoms with Crippen molar-refractivity contribution in [3.8, 4) is 5.75 Å². The number of phenols is 1. The van der Waals surface area contributed by atoms with E-state index < -0.39 is 0 Å². The van der Waals surface area contributed by atoms with E-state index in [1.165, 1.54) is 5.69 Å². The van der Waals surface area contributed by atoms with Gasteiger partial charge in [0.15, 0.2) is 0 Å². The standard InChI is InChI=1S/C10H11NO/c1-11-6-2-3-8-7-9(12)4-5-10(8)11/h2-5,7,12H,6H2,1H3. The van der Waals surface area contributed by atoms with E-state index in [0.29, 0.717) is 5.75 Å². The Bertz CT molecular complexity index is 331. The molecule has 0 atom stereocenters. The third kappa shape index (κ3) is 1.05. The van der Waals surface area contributed by atoms with Gasteiger partial charge in [-0.15, -0.1) is 0 Å². The van der Waals surface area contributed by atoms with Crippen molar-refractivity contribution in [1.29, 1.82) is 0 Å². The Balaban J connectivity index is 2.55. The molecule has 1 aromatic carbocycles. The molecule has 0 saturated carbocycles. The van der Waals surface area contributed by atoms with E-state index in [0.717, 1.165) is 12.1 Å². The molecule has 1 aromatic rings. The number of hydrogen-bond acceptors (Lipinski definition) is 2. The van der Waals surface area contributed by atoms with Crippen molar-refractivity contribution in [3.05, 3.63) is 29.8 Å². The van der Waals surface area contributed by atoms with Gasteiger partial charge in [-0.25, -0.2) is 0 Å². The van der Waals surface area contributed by atoms with Crippen molar-refractivity contribution in [1.82, 2.24) is 0 Å². The molecule has 62 valence electrons. The van der Waals surface area contributed by atoms with E-state index in [2.05, 4.69) is 11.0 Å².